The fraction of sp³-hybridized carbons (Fsp3) is 0.538. The van der Waals surface area contributed by atoms with Gasteiger partial charge >= 0.3 is 0 Å². The zero-order chi connectivity index (χ0) is 11.6. The van der Waals surface area contributed by atoms with Gasteiger partial charge in [-0.15, -0.1) is 0 Å². The van der Waals surface area contributed by atoms with Gasteiger partial charge in [0.1, 0.15) is 12.4 Å². The zero-order valence-corrected chi connectivity index (χ0v) is 9.82. The Balaban J connectivity index is 2.04. The molecule has 0 radical (unpaired) electrons. The topological polar surface area (TPSA) is 38.7 Å². The molecule has 1 fully saturated rings. The van der Waals surface area contributed by atoms with Crippen molar-refractivity contribution in [3.05, 3.63) is 29.3 Å². The van der Waals surface area contributed by atoms with Crippen LogP contribution in [0.1, 0.15) is 11.1 Å². The molecule has 2 rings (SSSR count). The van der Waals surface area contributed by atoms with Gasteiger partial charge in [-0.1, -0.05) is 18.2 Å². The van der Waals surface area contributed by atoms with E-state index in [4.69, 9.17) is 9.47 Å². The van der Waals surface area contributed by atoms with Crippen molar-refractivity contribution < 1.29 is 14.6 Å². The van der Waals surface area contributed by atoms with E-state index in [1.54, 1.807) is 0 Å². The minimum Gasteiger partial charge on any atom is -0.492 e. The first kappa shape index (κ1) is 11.4. The van der Waals surface area contributed by atoms with E-state index < -0.39 is 0 Å². The zero-order valence-electron chi connectivity index (χ0n) is 9.82. The summed E-state index contributed by atoms with van der Waals surface area (Å²) in [5, 5.41) is 9.29. The van der Waals surface area contributed by atoms with Crippen LogP contribution in [0.15, 0.2) is 18.2 Å². The maximum Gasteiger partial charge on any atom is 0.125 e. The molecule has 0 aromatic heterocycles. The Bertz CT molecular complexity index is 344. The van der Waals surface area contributed by atoms with Crippen molar-refractivity contribution in [1.29, 1.82) is 0 Å². The normalized spacial score (nSPS) is 17.9. The molecular weight excluding hydrogens is 204 g/mol. The van der Waals surface area contributed by atoms with Gasteiger partial charge in [0.05, 0.1) is 25.2 Å². The van der Waals surface area contributed by atoms with Gasteiger partial charge in [0.15, 0.2) is 0 Å². The second kappa shape index (κ2) is 4.44. The maximum absolute atomic E-state index is 9.29. The molecule has 1 aliphatic heterocycles. The Hall–Kier alpha value is -1.06. The van der Waals surface area contributed by atoms with Crippen LogP contribution in [0.2, 0.25) is 0 Å². The molecule has 0 atom stereocenters. The van der Waals surface area contributed by atoms with E-state index in [0.717, 1.165) is 16.9 Å². The van der Waals surface area contributed by atoms with Crippen LogP contribution in [0.5, 0.6) is 5.75 Å². The van der Waals surface area contributed by atoms with Gasteiger partial charge in [0.25, 0.3) is 0 Å². The second-order valence-corrected chi connectivity index (χ2v) is 4.66. The molecule has 1 saturated heterocycles. The summed E-state index contributed by atoms with van der Waals surface area (Å²) >= 11 is 0. The molecule has 1 N–H and O–H groups in total. The summed E-state index contributed by atoms with van der Waals surface area (Å²) in [6, 6.07) is 6.09. The van der Waals surface area contributed by atoms with Gasteiger partial charge in [-0.25, -0.2) is 0 Å². The molecule has 0 spiro atoms. The molecule has 16 heavy (non-hydrogen) atoms. The minimum atomic E-state index is -0.186. The fourth-order valence-corrected chi connectivity index (χ4v) is 1.86. The van der Waals surface area contributed by atoms with Gasteiger partial charge in [0.2, 0.25) is 0 Å². The van der Waals surface area contributed by atoms with E-state index in [-0.39, 0.29) is 12.0 Å². The van der Waals surface area contributed by atoms with Gasteiger partial charge in [0, 0.05) is 0 Å². The summed E-state index contributed by atoms with van der Waals surface area (Å²) in [6.07, 6.45) is 0. The summed E-state index contributed by atoms with van der Waals surface area (Å²) in [5.41, 5.74) is 2.08. The molecule has 0 aliphatic carbocycles. The number of ether oxygens (including phenoxy) is 2. The number of para-hydroxylation sites is 1. The Morgan fingerprint density at radius 2 is 1.94 bits per heavy atom. The van der Waals surface area contributed by atoms with Gasteiger partial charge < -0.3 is 14.6 Å². The second-order valence-electron chi connectivity index (χ2n) is 4.66. The van der Waals surface area contributed by atoms with Crippen molar-refractivity contribution in [3.8, 4) is 5.75 Å². The summed E-state index contributed by atoms with van der Waals surface area (Å²) in [7, 11) is 0. The third kappa shape index (κ3) is 2.06. The largest absolute Gasteiger partial charge is 0.492 e. The number of rotatable bonds is 4. The lowest BCUT2D eigenvalue weighted by molar-refractivity contribution is -0.153. The predicted octanol–water partition coefficient (Wildman–Crippen LogP) is 1.69. The number of aryl methyl sites for hydroxylation is 2. The Kier molecular flexibility index (Phi) is 3.17. The van der Waals surface area contributed by atoms with E-state index in [1.807, 2.05) is 32.0 Å². The first-order chi connectivity index (χ1) is 7.67. The van der Waals surface area contributed by atoms with Gasteiger partial charge in [-0.05, 0) is 25.0 Å². The highest BCUT2D eigenvalue weighted by atomic mass is 16.5. The van der Waals surface area contributed by atoms with Crippen LogP contribution in [0.4, 0.5) is 0 Å². The highest BCUT2D eigenvalue weighted by Gasteiger charge is 2.39. The van der Waals surface area contributed by atoms with Gasteiger partial charge in [-0.3, -0.25) is 0 Å². The van der Waals surface area contributed by atoms with E-state index in [1.165, 1.54) is 0 Å². The monoisotopic (exact) mass is 222 g/mol. The summed E-state index contributed by atoms with van der Waals surface area (Å²) < 4.78 is 11.0. The van der Waals surface area contributed by atoms with Crippen molar-refractivity contribution in [2.45, 2.75) is 13.8 Å². The quantitative estimate of drug-likeness (QED) is 0.842. The highest BCUT2D eigenvalue weighted by Crippen LogP contribution is 2.30. The smallest absolute Gasteiger partial charge is 0.125 e. The summed E-state index contributed by atoms with van der Waals surface area (Å²) in [4.78, 5) is 0. The van der Waals surface area contributed by atoms with Crippen LogP contribution in [0.25, 0.3) is 0 Å². The molecule has 1 aromatic carbocycles. The lowest BCUT2D eigenvalue weighted by atomic mass is 9.88. The first-order valence-corrected chi connectivity index (χ1v) is 5.54. The average Bonchev–Trinajstić information content (AvgIpc) is 2.20. The van der Waals surface area contributed by atoms with E-state index in [9.17, 15) is 5.11 Å². The molecule has 1 heterocycles. The first-order valence-electron chi connectivity index (χ1n) is 5.54. The molecule has 0 bridgehead atoms. The van der Waals surface area contributed by atoms with Crippen molar-refractivity contribution in [1.82, 2.24) is 0 Å². The number of benzene rings is 1. The highest BCUT2D eigenvalue weighted by molar-refractivity contribution is 5.39. The van der Waals surface area contributed by atoms with E-state index >= 15 is 0 Å². The predicted molar refractivity (Wildman–Crippen MR) is 61.7 cm³/mol. The molecule has 88 valence electrons. The minimum absolute atomic E-state index is 0.123. The number of aliphatic hydroxyl groups is 1. The molecule has 0 amide bonds. The molecule has 1 aliphatic rings. The van der Waals surface area contributed by atoms with Crippen LogP contribution in [-0.4, -0.2) is 31.5 Å². The fourth-order valence-electron chi connectivity index (χ4n) is 1.86. The van der Waals surface area contributed by atoms with Crippen molar-refractivity contribution in [2.24, 2.45) is 5.41 Å². The van der Waals surface area contributed by atoms with Crippen molar-refractivity contribution in [2.75, 3.05) is 26.4 Å². The number of hydrogen-bond acceptors (Lipinski definition) is 3. The Morgan fingerprint density at radius 3 is 2.38 bits per heavy atom. The van der Waals surface area contributed by atoms with Gasteiger partial charge in [-0.2, -0.15) is 0 Å². The lowest BCUT2D eigenvalue weighted by Gasteiger charge is -2.39. The maximum atomic E-state index is 9.29. The van der Waals surface area contributed by atoms with E-state index in [2.05, 4.69) is 0 Å². The van der Waals surface area contributed by atoms with Crippen LogP contribution in [0.3, 0.4) is 0 Å². The van der Waals surface area contributed by atoms with Crippen LogP contribution < -0.4 is 4.74 Å². The molecule has 3 heteroatoms. The number of hydrogen-bond donors (Lipinski definition) is 1. The summed E-state index contributed by atoms with van der Waals surface area (Å²) in [6.45, 7) is 5.90. The van der Waals surface area contributed by atoms with Crippen LogP contribution >= 0.6 is 0 Å². The summed E-state index contributed by atoms with van der Waals surface area (Å²) in [5.74, 6) is 0.933. The third-order valence-corrected chi connectivity index (χ3v) is 3.08. The number of aliphatic hydroxyl groups excluding tert-OH is 1. The third-order valence-electron chi connectivity index (χ3n) is 3.08. The molecule has 1 aromatic rings. The Labute approximate surface area is 96.0 Å². The molecule has 0 saturated carbocycles. The lowest BCUT2D eigenvalue weighted by Crippen LogP contribution is -2.50. The Morgan fingerprint density at radius 1 is 1.31 bits per heavy atom. The van der Waals surface area contributed by atoms with E-state index in [0.29, 0.717) is 19.8 Å². The van der Waals surface area contributed by atoms with Crippen molar-refractivity contribution >= 4 is 0 Å². The standard InChI is InChI=1S/C13H18O3/c1-10-4-3-5-11(2)12(10)16-9-13(6-14)7-15-8-13/h3-5,14H,6-9H2,1-2H3. The molecular formula is C13H18O3. The molecule has 0 unspecified atom stereocenters. The average molecular weight is 222 g/mol. The SMILES string of the molecule is Cc1cccc(C)c1OCC1(CO)COC1. The van der Waals surface area contributed by atoms with Crippen LogP contribution in [0, 0.1) is 19.3 Å². The van der Waals surface area contributed by atoms with Crippen molar-refractivity contribution in [3.63, 3.8) is 0 Å². The molecule has 3 nitrogen and oxygen atoms in total. The van der Waals surface area contributed by atoms with Crippen LogP contribution in [-0.2, 0) is 4.74 Å².